The number of anilines is 1. The summed E-state index contributed by atoms with van der Waals surface area (Å²) in [5, 5.41) is 2.44. The molecule has 4 aromatic rings. The Morgan fingerprint density at radius 3 is 2.06 bits per heavy atom. The maximum atomic E-state index is 13.5. The number of nitrogens with zero attached hydrogens (tertiary/aromatic N) is 1. The van der Waals surface area contributed by atoms with E-state index >= 15 is 0 Å². The summed E-state index contributed by atoms with van der Waals surface area (Å²) in [7, 11) is 2.34. The zero-order valence-electron chi connectivity index (χ0n) is 18.7. The fraction of sp³-hybridized carbons (Fsp3) is 0.0769. The highest BCUT2D eigenvalue weighted by Crippen LogP contribution is 2.29. The number of methoxy groups -OCH3 is 2. The first-order valence-corrected chi connectivity index (χ1v) is 10.4. The Morgan fingerprint density at radius 1 is 0.829 bits per heavy atom. The van der Waals surface area contributed by atoms with Crippen LogP contribution < -0.4 is 5.32 Å². The molecule has 0 saturated carbocycles. The van der Waals surface area contributed by atoms with E-state index in [0.717, 1.165) is 0 Å². The molecule has 1 N–H and O–H groups in total. The molecule has 0 fully saturated rings. The minimum atomic E-state index is -1.00. The molecule has 0 radical (unpaired) electrons. The molecular formula is C26H19FN2O6. The molecule has 0 saturated heterocycles. The predicted octanol–water partition coefficient (Wildman–Crippen LogP) is 4.14. The molecule has 0 aliphatic rings. The summed E-state index contributed by atoms with van der Waals surface area (Å²) in [4.78, 5) is 50.4. The summed E-state index contributed by atoms with van der Waals surface area (Å²) in [5.74, 6) is -3.80. The summed E-state index contributed by atoms with van der Waals surface area (Å²) < 4.78 is 24.4. The Bertz CT molecular complexity index is 1440. The number of hydrogen-bond donors (Lipinski definition) is 1. The molecule has 0 aliphatic heterocycles. The van der Waals surface area contributed by atoms with Gasteiger partial charge in [0.1, 0.15) is 11.5 Å². The molecule has 2 heterocycles. The van der Waals surface area contributed by atoms with Crippen molar-refractivity contribution in [1.82, 2.24) is 4.40 Å². The van der Waals surface area contributed by atoms with Gasteiger partial charge in [-0.3, -0.25) is 9.59 Å². The predicted molar refractivity (Wildman–Crippen MR) is 125 cm³/mol. The van der Waals surface area contributed by atoms with Crippen LogP contribution in [-0.4, -0.2) is 42.2 Å². The molecule has 2 aromatic carbocycles. The van der Waals surface area contributed by atoms with Crippen molar-refractivity contribution in [3.05, 3.63) is 95.6 Å². The lowest BCUT2D eigenvalue weighted by molar-refractivity contribution is -0.112. The number of ether oxygens (including phenoxy) is 2. The van der Waals surface area contributed by atoms with Gasteiger partial charge in [0.05, 0.1) is 25.3 Å². The minimum absolute atomic E-state index is 0.0155. The molecule has 0 bridgehead atoms. The number of fused-ring (bicyclic) bond motifs is 1. The van der Waals surface area contributed by atoms with Gasteiger partial charge >= 0.3 is 11.9 Å². The number of pyridine rings is 1. The van der Waals surface area contributed by atoms with Crippen LogP contribution in [0.15, 0.2) is 72.9 Å². The molecule has 9 heteroatoms. The molecule has 0 unspecified atom stereocenters. The Labute approximate surface area is 198 Å². The number of esters is 2. The molecule has 0 spiro atoms. The van der Waals surface area contributed by atoms with Crippen molar-refractivity contribution < 1.29 is 33.0 Å². The van der Waals surface area contributed by atoms with Crippen LogP contribution in [0.4, 0.5) is 10.1 Å². The number of hydrogen-bond acceptors (Lipinski definition) is 6. The lowest BCUT2D eigenvalue weighted by Gasteiger charge is -2.10. The van der Waals surface area contributed by atoms with E-state index in [2.05, 4.69) is 5.32 Å². The van der Waals surface area contributed by atoms with Crippen molar-refractivity contribution in [2.75, 3.05) is 19.5 Å². The van der Waals surface area contributed by atoms with Gasteiger partial charge in [-0.25, -0.2) is 14.0 Å². The summed E-state index contributed by atoms with van der Waals surface area (Å²) >= 11 is 0. The number of ketones is 1. The largest absolute Gasteiger partial charge is 0.465 e. The smallest absolute Gasteiger partial charge is 0.337 e. The number of carbonyl (C=O) groups excluding carboxylic acids is 4. The van der Waals surface area contributed by atoms with Gasteiger partial charge in [-0.2, -0.15) is 0 Å². The molecule has 176 valence electrons. The highest BCUT2D eigenvalue weighted by atomic mass is 19.1. The van der Waals surface area contributed by atoms with Crippen LogP contribution in [-0.2, 0) is 14.3 Å². The fourth-order valence-corrected chi connectivity index (χ4v) is 3.67. The average Bonchev–Trinajstić information content (AvgIpc) is 3.26. The van der Waals surface area contributed by atoms with Crippen LogP contribution in [0, 0.1) is 5.82 Å². The minimum Gasteiger partial charge on any atom is -0.465 e. The molecule has 1 amide bonds. The van der Waals surface area contributed by atoms with Crippen molar-refractivity contribution in [1.29, 1.82) is 0 Å². The van der Waals surface area contributed by atoms with Crippen LogP contribution in [0.25, 0.3) is 16.6 Å². The molecular weight excluding hydrogens is 455 g/mol. The van der Waals surface area contributed by atoms with Crippen LogP contribution in [0.1, 0.15) is 31.2 Å². The number of amides is 1. The van der Waals surface area contributed by atoms with Gasteiger partial charge in [-0.1, -0.05) is 18.2 Å². The quantitative estimate of drug-likeness (QED) is 0.256. The Hall–Kier alpha value is -4.79. The van der Waals surface area contributed by atoms with E-state index in [1.807, 2.05) is 0 Å². The van der Waals surface area contributed by atoms with Crippen LogP contribution >= 0.6 is 0 Å². The fourth-order valence-electron chi connectivity index (χ4n) is 3.67. The number of carbonyl (C=O) groups is 4. The second kappa shape index (κ2) is 9.60. The van der Waals surface area contributed by atoms with Crippen molar-refractivity contribution in [2.24, 2.45) is 0 Å². The number of nitrogens with one attached hydrogen (secondary N) is 1. The summed E-state index contributed by atoms with van der Waals surface area (Å²) in [6.07, 6.45) is 1.64. The van der Waals surface area contributed by atoms with Crippen LogP contribution in [0.3, 0.4) is 0 Å². The second-order valence-electron chi connectivity index (χ2n) is 7.47. The Kier molecular flexibility index (Phi) is 6.41. The van der Waals surface area contributed by atoms with E-state index in [0.29, 0.717) is 16.6 Å². The summed E-state index contributed by atoms with van der Waals surface area (Å²) in [5.41, 5.74) is 1.71. The standard InChI is InChI=1S/C26H19FN2O6/c1-34-25(32)16-11-17(26(33)35-2)13-19(12-16)28-24(31)23(30)22-21(15-6-8-18(27)9-7-15)14-20-5-3-4-10-29(20)22/h3-14H,1-2H3,(H,28,31). The second-order valence-corrected chi connectivity index (χ2v) is 7.47. The molecule has 4 rings (SSSR count). The molecule has 0 atom stereocenters. The van der Waals surface area contributed by atoms with Gasteiger partial charge in [-0.15, -0.1) is 0 Å². The number of Topliss-reactive ketones (excluding diaryl/α,β-unsaturated/α-hetero) is 1. The zero-order valence-corrected chi connectivity index (χ0v) is 18.7. The molecule has 0 aliphatic carbocycles. The number of aromatic nitrogens is 1. The topological polar surface area (TPSA) is 103 Å². The van der Waals surface area contributed by atoms with Gasteiger partial charge in [0.25, 0.3) is 11.7 Å². The van der Waals surface area contributed by atoms with Gasteiger partial charge < -0.3 is 19.2 Å². The summed E-state index contributed by atoms with van der Waals surface area (Å²) in [6.45, 7) is 0. The first kappa shape index (κ1) is 23.4. The van der Waals surface area contributed by atoms with Crippen molar-refractivity contribution in [3.63, 3.8) is 0 Å². The van der Waals surface area contributed by atoms with Crippen molar-refractivity contribution in [2.45, 2.75) is 0 Å². The van der Waals surface area contributed by atoms with Gasteiger partial charge in [-0.05, 0) is 54.1 Å². The van der Waals surface area contributed by atoms with E-state index in [1.54, 1.807) is 34.9 Å². The van der Waals surface area contributed by atoms with Crippen molar-refractivity contribution >= 4 is 34.8 Å². The Morgan fingerprint density at radius 2 is 1.46 bits per heavy atom. The monoisotopic (exact) mass is 474 g/mol. The number of benzene rings is 2. The third kappa shape index (κ3) is 4.65. The van der Waals surface area contributed by atoms with Crippen LogP contribution in [0.5, 0.6) is 0 Å². The normalized spacial score (nSPS) is 10.6. The van der Waals surface area contributed by atoms with Crippen molar-refractivity contribution in [3.8, 4) is 11.1 Å². The lowest BCUT2D eigenvalue weighted by Crippen LogP contribution is -2.25. The first-order valence-electron chi connectivity index (χ1n) is 10.4. The third-order valence-corrected chi connectivity index (χ3v) is 5.29. The maximum absolute atomic E-state index is 13.5. The van der Waals surface area contributed by atoms with E-state index in [-0.39, 0.29) is 22.5 Å². The van der Waals surface area contributed by atoms with Gasteiger partial charge in [0.15, 0.2) is 0 Å². The highest BCUT2D eigenvalue weighted by molar-refractivity contribution is 6.47. The molecule has 8 nitrogen and oxygen atoms in total. The van der Waals surface area contributed by atoms with E-state index < -0.39 is 29.4 Å². The average molecular weight is 474 g/mol. The third-order valence-electron chi connectivity index (χ3n) is 5.29. The molecule has 2 aromatic heterocycles. The van der Waals surface area contributed by atoms with Gasteiger partial charge in [0.2, 0.25) is 0 Å². The lowest BCUT2D eigenvalue weighted by atomic mass is 10.0. The molecule has 35 heavy (non-hydrogen) atoms. The zero-order chi connectivity index (χ0) is 25.1. The Balaban J connectivity index is 1.74. The number of halogens is 1. The maximum Gasteiger partial charge on any atom is 0.337 e. The number of rotatable bonds is 6. The van der Waals surface area contributed by atoms with E-state index in [4.69, 9.17) is 9.47 Å². The summed E-state index contributed by atoms with van der Waals surface area (Å²) in [6, 6.07) is 16.3. The van der Waals surface area contributed by atoms with E-state index in [1.165, 1.54) is 56.7 Å². The van der Waals surface area contributed by atoms with Gasteiger partial charge in [0, 0.05) is 23.0 Å². The SMILES string of the molecule is COC(=O)c1cc(NC(=O)C(=O)c2c(-c3ccc(F)cc3)cc3ccccn23)cc(C(=O)OC)c1. The highest BCUT2D eigenvalue weighted by Gasteiger charge is 2.25. The first-order chi connectivity index (χ1) is 16.8. The van der Waals surface area contributed by atoms with Crippen LogP contribution in [0.2, 0.25) is 0 Å². The van der Waals surface area contributed by atoms with E-state index in [9.17, 15) is 23.6 Å².